The van der Waals surface area contributed by atoms with E-state index in [9.17, 15) is 9.90 Å². The summed E-state index contributed by atoms with van der Waals surface area (Å²) in [5.74, 6) is 0.241. The number of hydrogen-bond acceptors (Lipinski definition) is 4. The second-order valence-corrected chi connectivity index (χ2v) is 6.17. The Bertz CT molecular complexity index is 425. The molecule has 1 saturated carbocycles. The number of aryl methyl sites for hydroxylation is 2. The topological polar surface area (TPSA) is 62.2 Å². The van der Waals surface area contributed by atoms with Gasteiger partial charge in [-0.15, -0.1) is 11.3 Å². The molecule has 1 unspecified atom stereocenters. The molecule has 0 aromatic carbocycles. The summed E-state index contributed by atoms with van der Waals surface area (Å²) in [6, 6.07) is 0. The van der Waals surface area contributed by atoms with E-state index in [0.717, 1.165) is 23.5 Å². The maximum atomic E-state index is 11.9. The molecule has 0 bridgehead atoms. The molecule has 2 N–H and O–H groups in total. The summed E-state index contributed by atoms with van der Waals surface area (Å²) in [6.45, 7) is 4.08. The molecule has 18 heavy (non-hydrogen) atoms. The summed E-state index contributed by atoms with van der Waals surface area (Å²) in [4.78, 5) is 16.8. The Morgan fingerprint density at radius 1 is 1.50 bits per heavy atom. The molecule has 0 aliphatic heterocycles. The van der Waals surface area contributed by atoms with Crippen LogP contribution in [0.25, 0.3) is 0 Å². The molecule has 1 atom stereocenters. The molecule has 1 heterocycles. The fourth-order valence-electron chi connectivity index (χ4n) is 2.53. The van der Waals surface area contributed by atoms with Crippen LogP contribution in [-0.2, 0) is 0 Å². The van der Waals surface area contributed by atoms with Gasteiger partial charge in [-0.05, 0) is 32.6 Å². The number of rotatable bonds is 4. The lowest BCUT2D eigenvalue weighted by Gasteiger charge is -2.17. The maximum Gasteiger partial charge on any atom is 0.263 e. The number of aliphatic hydroxyl groups is 1. The van der Waals surface area contributed by atoms with Gasteiger partial charge in [0.25, 0.3) is 5.91 Å². The van der Waals surface area contributed by atoms with Gasteiger partial charge in [-0.2, -0.15) is 0 Å². The van der Waals surface area contributed by atoms with E-state index >= 15 is 0 Å². The van der Waals surface area contributed by atoms with E-state index in [1.165, 1.54) is 24.2 Å². The van der Waals surface area contributed by atoms with E-state index in [2.05, 4.69) is 10.3 Å². The van der Waals surface area contributed by atoms with Crippen LogP contribution in [0.15, 0.2) is 0 Å². The third-order valence-corrected chi connectivity index (χ3v) is 4.60. The predicted molar refractivity (Wildman–Crippen MR) is 71.9 cm³/mol. The van der Waals surface area contributed by atoms with E-state index in [1.807, 2.05) is 13.8 Å². The van der Waals surface area contributed by atoms with Crippen molar-refractivity contribution in [2.45, 2.75) is 45.6 Å². The van der Waals surface area contributed by atoms with Crippen LogP contribution in [-0.4, -0.2) is 28.6 Å². The fraction of sp³-hybridized carbons (Fsp3) is 0.692. The number of hydrogen-bond donors (Lipinski definition) is 2. The fourth-order valence-corrected chi connectivity index (χ4v) is 3.36. The third kappa shape index (κ3) is 3.09. The second-order valence-electron chi connectivity index (χ2n) is 4.97. The van der Waals surface area contributed by atoms with Gasteiger partial charge >= 0.3 is 0 Å². The zero-order valence-electron chi connectivity index (χ0n) is 10.9. The molecule has 1 aliphatic rings. The smallest absolute Gasteiger partial charge is 0.263 e. The average Bonchev–Trinajstić information content (AvgIpc) is 2.95. The predicted octanol–water partition coefficient (Wildman–Crippen LogP) is 2.04. The third-order valence-electron chi connectivity index (χ3n) is 3.53. The Morgan fingerprint density at radius 3 is 2.72 bits per heavy atom. The lowest BCUT2D eigenvalue weighted by Crippen LogP contribution is -2.35. The van der Waals surface area contributed by atoms with Gasteiger partial charge in [0, 0.05) is 6.54 Å². The van der Waals surface area contributed by atoms with Crippen LogP contribution in [0.1, 0.15) is 46.1 Å². The van der Waals surface area contributed by atoms with Crippen LogP contribution >= 0.6 is 11.3 Å². The van der Waals surface area contributed by atoms with Crippen molar-refractivity contribution < 1.29 is 9.90 Å². The van der Waals surface area contributed by atoms with Crippen LogP contribution in [0.5, 0.6) is 0 Å². The van der Waals surface area contributed by atoms with E-state index in [4.69, 9.17) is 0 Å². The number of thiazole rings is 1. The van der Waals surface area contributed by atoms with Gasteiger partial charge in [0.15, 0.2) is 0 Å². The first-order valence-electron chi connectivity index (χ1n) is 6.48. The molecule has 5 heteroatoms. The summed E-state index contributed by atoms with van der Waals surface area (Å²) in [5.41, 5.74) is 0.769. The van der Waals surface area contributed by atoms with Crippen LogP contribution in [0.4, 0.5) is 0 Å². The largest absolute Gasteiger partial charge is 0.391 e. The van der Waals surface area contributed by atoms with Gasteiger partial charge in [0.05, 0.1) is 16.8 Å². The van der Waals surface area contributed by atoms with Crippen LogP contribution in [0.3, 0.4) is 0 Å². The van der Waals surface area contributed by atoms with Crippen LogP contribution < -0.4 is 5.32 Å². The summed E-state index contributed by atoms with van der Waals surface area (Å²) < 4.78 is 0. The Balaban J connectivity index is 1.86. The van der Waals surface area contributed by atoms with Gasteiger partial charge in [-0.1, -0.05) is 12.8 Å². The molecule has 2 rings (SSSR count). The zero-order chi connectivity index (χ0) is 13.1. The van der Waals surface area contributed by atoms with E-state index in [1.54, 1.807) is 0 Å². The van der Waals surface area contributed by atoms with E-state index in [0.29, 0.717) is 17.3 Å². The number of carbonyl (C=O) groups excluding carboxylic acids is 1. The van der Waals surface area contributed by atoms with Gasteiger partial charge in [-0.25, -0.2) is 4.98 Å². The number of carbonyl (C=O) groups is 1. The molecule has 1 aromatic heterocycles. The van der Waals surface area contributed by atoms with Crippen molar-refractivity contribution in [2.75, 3.05) is 6.54 Å². The average molecular weight is 268 g/mol. The molecular weight excluding hydrogens is 248 g/mol. The lowest BCUT2D eigenvalue weighted by atomic mass is 10.0. The standard InChI is InChI=1S/C13H20N2O2S/c1-8-12(18-9(2)15-8)13(17)14-7-11(16)10-5-3-4-6-10/h10-11,16H,3-7H2,1-2H3,(H,14,17). The molecule has 100 valence electrons. The van der Waals surface area contributed by atoms with Crippen molar-refractivity contribution in [3.63, 3.8) is 0 Å². The molecule has 1 aliphatic carbocycles. The minimum absolute atomic E-state index is 0.116. The minimum Gasteiger partial charge on any atom is -0.391 e. The summed E-state index contributed by atoms with van der Waals surface area (Å²) in [7, 11) is 0. The van der Waals surface area contributed by atoms with Crippen LogP contribution in [0.2, 0.25) is 0 Å². The Morgan fingerprint density at radius 2 is 2.17 bits per heavy atom. The Labute approximate surface area is 111 Å². The van der Waals surface area contributed by atoms with Crippen molar-refractivity contribution in [2.24, 2.45) is 5.92 Å². The first kappa shape index (κ1) is 13.5. The molecule has 1 fully saturated rings. The highest BCUT2D eigenvalue weighted by atomic mass is 32.1. The SMILES string of the molecule is Cc1nc(C)c(C(=O)NCC(O)C2CCCC2)s1. The molecule has 1 aromatic rings. The highest BCUT2D eigenvalue weighted by Gasteiger charge is 2.24. The molecular formula is C13H20N2O2S. The zero-order valence-corrected chi connectivity index (χ0v) is 11.7. The van der Waals surface area contributed by atoms with Gasteiger partial charge in [0.1, 0.15) is 4.88 Å². The number of amides is 1. The number of nitrogens with zero attached hydrogens (tertiary/aromatic N) is 1. The monoisotopic (exact) mass is 268 g/mol. The number of nitrogens with one attached hydrogen (secondary N) is 1. The lowest BCUT2D eigenvalue weighted by molar-refractivity contribution is 0.0843. The first-order valence-corrected chi connectivity index (χ1v) is 7.30. The molecule has 0 spiro atoms. The number of aromatic nitrogens is 1. The number of aliphatic hydroxyl groups excluding tert-OH is 1. The van der Waals surface area contributed by atoms with Gasteiger partial charge in [-0.3, -0.25) is 4.79 Å². The highest BCUT2D eigenvalue weighted by molar-refractivity contribution is 7.13. The normalized spacial score (nSPS) is 17.9. The maximum absolute atomic E-state index is 11.9. The van der Waals surface area contributed by atoms with E-state index in [-0.39, 0.29) is 5.91 Å². The molecule has 0 radical (unpaired) electrons. The quantitative estimate of drug-likeness (QED) is 0.878. The Hall–Kier alpha value is -0.940. The summed E-state index contributed by atoms with van der Waals surface area (Å²) in [5, 5.41) is 13.7. The van der Waals surface area contributed by atoms with Crippen molar-refractivity contribution >= 4 is 17.2 Å². The molecule has 4 nitrogen and oxygen atoms in total. The van der Waals surface area contributed by atoms with Gasteiger partial charge < -0.3 is 10.4 Å². The van der Waals surface area contributed by atoms with E-state index < -0.39 is 6.10 Å². The Kier molecular flexibility index (Phi) is 4.35. The summed E-state index contributed by atoms with van der Waals surface area (Å²) in [6.07, 6.45) is 4.14. The van der Waals surface area contributed by atoms with Gasteiger partial charge in [0.2, 0.25) is 0 Å². The van der Waals surface area contributed by atoms with Crippen molar-refractivity contribution in [3.05, 3.63) is 15.6 Å². The van der Waals surface area contributed by atoms with Crippen molar-refractivity contribution in [3.8, 4) is 0 Å². The highest BCUT2D eigenvalue weighted by Crippen LogP contribution is 2.27. The minimum atomic E-state index is -0.411. The van der Waals surface area contributed by atoms with Crippen molar-refractivity contribution in [1.82, 2.24) is 10.3 Å². The first-order chi connectivity index (χ1) is 8.58. The van der Waals surface area contributed by atoms with Crippen LogP contribution in [0, 0.1) is 19.8 Å². The van der Waals surface area contributed by atoms with Crippen molar-refractivity contribution in [1.29, 1.82) is 0 Å². The molecule has 0 saturated heterocycles. The second kappa shape index (κ2) is 5.80. The summed E-state index contributed by atoms with van der Waals surface area (Å²) >= 11 is 1.40. The molecule has 1 amide bonds.